The molecule has 0 aliphatic carbocycles. The number of hydrogen-bond donors (Lipinski definition) is 1. The van der Waals surface area contributed by atoms with Crippen molar-refractivity contribution in [1.29, 1.82) is 0 Å². The number of nitrogens with zero attached hydrogens (tertiary/aromatic N) is 4. The number of hydrogen-bond acceptors (Lipinski definition) is 5. The largest absolute Gasteiger partial charge is 0.322 e. The molecular formula is C26H27N5O2S. The van der Waals surface area contributed by atoms with E-state index in [0.717, 1.165) is 34.3 Å². The van der Waals surface area contributed by atoms with E-state index in [1.165, 1.54) is 9.75 Å². The summed E-state index contributed by atoms with van der Waals surface area (Å²) in [6.07, 6.45) is 2.50. The number of nitrogens with one attached hydrogen (secondary N) is 1. The lowest BCUT2D eigenvalue weighted by atomic mass is 10.1. The Morgan fingerprint density at radius 2 is 1.94 bits per heavy atom. The van der Waals surface area contributed by atoms with Crippen LogP contribution in [0.1, 0.15) is 52.5 Å². The van der Waals surface area contributed by atoms with Crippen LogP contribution in [0.5, 0.6) is 0 Å². The van der Waals surface area contributed by atoms with Crippen molar-refractivity contribution in [2.75, 3.05) is 16.8 Å². The van der Waals surface area contributed by atoms with Crippen LogP contribution in [0.2, 0.25) is 0 Å². The fourth-order valence-electron chi connectivity index (χ4n) is 4.61. The van der Waals surface area contributed by atoms with Gasteiger partial charge in [0, 0.05) is 46.2 Å². The Morgan fingerprint density at radius 3 is 2.62 bits per heavy atom. The van der Waals surface area contributed by atoms with E-state index >= 15 is 0 Å². The lowest BCUT2D eigenvalue weighted by Gasteiger charge is -2.15. The monoisotopic (exact) mass is 473 g/mol. The molecule has 5 rings (SSSR count). The molecule has 34 heavy (non-hydrogen) atoms. The molecule has 1 N–H and O–H groups in total. The number of pyridine rings is 1. The van der Waals surface area contributed by atoms with Crippen LogP contribution in [-0.2, 0) is 11.2 Å². The highest BCUT2D eigenvalue weighted by Crippen LogP contribution is 2.34. The third kappa shape index (κ3) is 3.77. The molecule has 0 spiro atoms. The first-order chi connectivity index (χ1) is 16.2. The van der Waals surface area contributed by atoms with E-state index in [2.05, 4.69) is 44.2 Å². The predicted octanol–water partition coefficient (Wildman–Crippen LogP) is 5.52. The van der Waals surface area contributed by atoms with Gasteiger partial charge in [-0.2, -0.15) is 5.10 Å². The molecule has 4 heterocycles. The summed E-state index contributed by atoms with van der Waals surface area (Å²) in [6, 6.07) is 9.81. The summed E-state index contributed by atoms with van der Waals surface area (Å²) < 4.78 is 1.86. The second-order valence-electron chi connectivity index (χ2n) is 9.02. The number of benzene rings is 1. The molecule has 174 valence electrons. The molecule has 0 saturated carbocycles. The number of carbonyl (C=O) groups is 2. The zero-order chi connectivity index (χ0) is 24.1. The van der Waals surface area contributed by atoms with Crippen molar-refractivity contribution >= 4 is 45.6 Å². The minimum absolute atomic E-state index is 0.0309. The second kappa shape index (κ2) is 8.36. The number of anilines is 2. The molecule has 0 radical (unpaired) electrons. The van der Waals surface area contributed by atoms with Crippen molar-refractivity contribution in [3.8, 4) is 11.3 Å². The number of thiophene rings is 1. The van der Waals surface area contributed by atoms with Gasteiger partial charge in [0.05, 0.1) is 22.8 Å². The van der Waals surface area contributed by atoms with Crippen LogP contribution in [0.15, 0.2) is 36.5 Å². The quantitative estimate of drug-likeness (QED) is 0.423. The van der Waals surface area contributed by atoms with Gasteiger partial charge in [0.25, 0.3) is 5.91 Å². The molecule has 0 atom stereocenters. The minimum atomic E-state index is -0.206. The van der Waals surface area contributed by atoms with Gasteiger partial charge in [0.15, 0.2) is 5.65 Å². The maximum atomic E-state index is 13.5. The Hall–Kier alpha value is -3.52. The predicted molar refractivity (Wildman–Crippen MR) is 137 cm³/mol. The number of aryl methyl sites for hydroxylation is 2. The zero-order valence-electron chi connectivity index (χ0n) is 20.0. The van der Waals surface area contributed by atoms with Gasteiger partial charge in [-0.05, 0) is 70.0 Å². The van der Waals surface area contributed by atoms with Gasteiger partial charge in [0.2, 0.25) is 5.91 Å². The topological polar surface area (TPSA) is 80.1 Å². The first-order valence-corrected chi connectivity index (χ1v) is 12.2. The Bertz CT molecular complexity index is 1450. The van der Waals surface area contributed by atoms with Crippen molar-refractivity contribution in [3.05, 3.63) is 57.4 Å². The van der Waals surface area contributed by atoms with Crippen molar-refractivity contribution in [2.24, 2.45) is 0 Å². The normalized spacial score (nSPS) is 13.1. The highest BCUT2D eigenvalue weighted by Gasteiger charge is 2.24. The SMILES string of the molecule is CC(=O)N1CCc2cc(NC(=O)c3cc(-c4cc(C)sc4C)nc4c3cnn4C(C)C)ccc21. The maximum absolute atomic E-state index is 13.5. The van der Waals surface area contributed by atoms with E-state index in [1.54, 1.807) is 29.4 Å². The van der Waals surface area contributed by atoms with Gasteiger partial charge in [-0.1, -0.05) is 0 Å². The Labute approximate surface area is 202 Å². The number of amides is 2. The fraction of sp³-hybridized carbons (Fsp3) is 0.308. The molecular weight excluding hydrogens is 446 g/mol. The van der Waals surface area contributed by atoms with E-state index in [4.69, 9.17) is 4.98 Å². The molecule has 0 bridgehead atoms. The molecule has 3 aromatic heterocycles. The van der Waals surface area contributed by atoms with Crippen LogP contribution >= 0.6 is 11.3 Å². The summed E-state index contributed by atoms with van der Waals surface area (Å²) >= 11 is 1.72. The number of fused-ring (bicyclic) bond motifs is 2. The van der Waals surface area contributed by atoms with Gasteiger partial charge in [-0.3, -0.25) is 9.59 Å². The summed E-state index contributed by atoms with van der Waals surface area (Å²) in [5.41, 5.74) is 5.74. The highest BCUT2D eigenvalue weighted by atomic mass is 32.1. The van der Waals surface area contributed by atoms with Crippen LogP contribution < -0.4 is 10.2 Å². The van der Waals surface area contributed by atoms with Gasteiger partial charge in [-0.25, -0.2) is 9.67 Å². The van der Waals surface area contributed by atoms with Crippen LogP contribution in [0.25, 0.3) is 22.3 Å². The van der Waals surface area contributed by atoms with Crippen LogP contribution in [0.3, 0.4) is 0 Å². The molecule has 7 nitrogen and oxygen atoms in total. The summed E-state index contributed by atoms with van der Waals surface area (Å²) in [6.45, 7) is 10.5. The average Bonchev–Trinajstić information content (AvgIpc) is 3.48. The zero-order valence-corrected chi connectivity index (χ0v) is 20.8. The minimum Gasteiger partial charge on any atom is -0.322 e. The molecule has 0 saturated heterocycles. The molecule has 8 heteroatoms. The molecule has 0 fully saturated rings. The van der Waals surface area contributed by atoms with Crippen LogP contribution in [0.4, 0.5) is 11.4 Å². The Kier molecular flexibility index (Phi) is 5.48. The van der Waals surface area contributed by atoms with E-state index in [9.17, 15) is 9.59 Å². The van der Waals surface area contributed by atoms with E-state index in [-0.39, 0.29) is 17.9 Å². The van der Waals surface area contributed by atoms with E-state index < -0.39 is 0 Å². The van der Waals surface area contributed by atoms with Gasteiger partial charge in [0.1, 0.15) is 0 Å². The highest BCUT2D eigenvalue weighted by molar-refractivity contribution is 7.12. The van der Waals surface area contributed by atoms with Crippen LogP contribution in [-0.4, -0.2) is 33.1 Å². The van der Waals surface area contributed by atoms with E-state index in [1.807, 2.05) is 28.9 Å². The first kappa shape index (κ1) is 22.3. The molecule has 1 aromatic carbocycles. The lowest BCUT2D eigenvalue weighted by molar-refractivity contribution is -0.116. The molecule has 1 aliphatic rings. The molecule has 4 aromatic rings. The summed E-state index contributed by atoms with van der Waals surface area (Å²) in [5, 5.41) is 8.30. The standard InChI is InChI=1S/C26H27N5O2S/c1-14(2)31-25-22(13-27-31)21(12-23(29-25)20-10-15(3)34-16(20)4)26(33)28-19-6-7-24-18(11-19)8-9-30(24)17(5)32/h6-7,10-14H,8-9H2,1-5H3,(H,28,33). The molecule has 2 amide bonds. The summed E-state index contributed by atoms with van der Waals surface area (Å²) in [5.74, 6) is -0.175. The fourth-order valence-corrected chi connectivity index (χ4v) is 5.55. The third-order valence-corrected chi connectivity index (χ3v) is 7.20. The van der Waals surface area contributed by atoms with Crippen molar-refractivity contribution < 1.29 is 9.59 Å². The van der Waals surface area contributed by atoms with Crippen LogP contribution in [0, 0.1) is 13.8 Å². The van der Waals surface area contributed by atoms with Crippen molar-refractivity contribution in [2.45, 2.75) is 47.1 Å². The van der Waals surface area contributed by atoms with Crippen molar-refractivity contribution in [3.63, 3.8) is 0 Å². The Morgan fingerprint density at radius 1 is 1.15 bits per heavy atom. The van der Waals surface area contributed by atoms with Gasteiger partial charge < -0.3 is 10.2 Å². The molecule has 0 unspecified atom stereocenters. The second-order valence-corrected chi connectivity index (χ2v) is 10.5. The van der Waals surface area contributed by atoms with E-state index in [0.29, 0.717) is 23.4 Å². The molecule has 1 aliphatic heterocycles. The van der Waals surface area contributed by atoms with Crippen molar-refractivity contribution in [1.82, 2.24) is 14.8 Å². The third-order valence-electron chi connectivity index (χ3n) is 6.23. The Balaban J connectivity index is 1.56. The average molecular weight is 474 g/mol. The lowest BCUT2D eigenvalue weighted by Crippen LogP contribution is -2.25. The number of rotatable bonds is 4. The summed E-state index contributed by atoms with van der Waals surface area (Å²) in [4.78, 5) is 34.4. The first-order valence-electron chi connectivity index (χ1n) is 11.4. The smallest absolute Gasteiger partial charge is 0.256 e. The summed E-state index contributed by atoms with van der Waals surface area (Å²) in [7, 11) is 0. The maximum Gasteiger partial charge on any atom is 0.256 e. The van der Waals surface area contributed by atoms with Gasteiger partial charge in [-0.15, -0.1) is 11.3 Å². The number of aromatic nitrogens is 3. The number of carbonyl (C=O) groups excluding carboxylic acids is 2. The van der Waals surface area contributed by atoms with Gasteiger partial charge >= 0.3 is 0 Å².